The van der Waals surface area contributed by atoms with Crippen LogP contribution in [0.4, 0.5) is 4.39 Å². The van der Waals surface area contributed by atoms with E-state index in [0.29, 0.717) is 0 Å². The second-order valence-corrected chi connectivity index (χ2v) is 7.11. The van der Waals surface area contributed by atoms with E-state index >= 15 is 0 Å². The van der Waals surface area contributed by atoms with Gasteiger partial charge in [-0.3, -0.25) is 0 Å². The van der Waals surface area contributed by atoms with Gasteiger partial charge in [0.1, 0.15) is 5.82 Å². The van der Waals surface area contributed by atoms with Crippen molar-refractivity contribution in [3.05, 3.63) is 70.1 Å². The Labute approximate surface area is 137 Å². The quantitative estimate of drug-likeness (QED) is 0.577. The highest BCUT2D eigenvalue weighted by Crippen LogP contribution is 2.34. The summed E-state index contributed by atoms with van der Waals surface area (Å²) >= 11 is 3.48. The highest BCUT2D eigenvalue weighted by atomic mass is 79.9. The minimum Gasteiger partial charge on any atom is -0.344 e. The number of nitrogens with zero attached hydrogens (tertiary/aromatic N) is 1. The molecule has 0 radical (unpaired) electrons. The molecule has 2 aromatic carbocycles. The second kappa shape index (κ2) is 5.54. The van der Waals surface area contributed by atoms with Crippen molar-refractivity contribution in [1.29, 1.82) is 0 Å². The molecule has 22 heavy (non-hydrogen) atoms. The molecule has 0 amide bonds. The molecule has 3 heteroatoms. The van der Waals surface area contributed by atoms with Crippen LogP contribution >= 0.6 is 15.9 Å². The van der Waals surface area contributed by atoms with Gasteiger partial charge >= 0.3 is 0 Å². The molecular formula is C19H17BrFN. The van der Waals surface area contributed by atoms with Crippen LogP contribution in [0.2, 0.25) is 0 Å². The van der Waals surface area contributed by atoms with Crippen molar-refractivity contribution >= 4 is 26.8 Å². The lowest BCUT2D eigenvalue weighted by Gasteiger charge is -2.10. The molecule has 1 fully saturated rings. The number of fused-ring (bicyclic) bond motifs is 1. The van der Waals surface area contributed by atoms with Gasteiger partial charge in [-0.15, -0.1) is 0 Å². The van der Waals surface area contributed by atoms with Crippen LogP contribution < -0.4 is 0 Å². The van der Waals surface area contributed by atoms with Gasteiger partial charge in [0.15, 0.2) is 0 Å². The van der Waals surface area contributed by atoms with Crippen molar-refractivity contribution in [1.82, 2.24) is 4.57 Å². The first-order valence-electron chi connectivity index (χ1n) is 7.71. The number of hydrogen-bond acceptors (Lipinski definition) is 0. The number of hydrogen-bond donors (Lipinski definition) is 0. The largest absolute Gasteiger partial charge is 0.344 e. The fraction of sp³-hybridized carbons (Fsp3) is 0.263. The SMILES string of the molecule is Fc1ccc2c(c1)cc(Cc1ccc(Br)cc1)n2CC1CC1. The zero-order valence-corrected chi connectivity index (χ0v) is 13.8. The average Bonchev–Trinajstić information content (AvgIpc) is 3.25. The van der Waals surface area contributed by atoms with Crippen LogP contribution in [0, 0.1) is 11.7 Å². The van der Waals surface area contributed by atoms with Gasteiger partial charge < -0.3 is 4.57 Å². The molecule has 0 spiro atoms. The molecule has 0 atom stereocenters. The van der Waals surface area contributed by atoms with E-state index in [9.17, 15) is 4.39 Å². The highest BCUT2D eigenvalue weighted by molar-refractivity contribution is 9.10. The Morgan fingerprint density at radius 2 is 1.82 bits per heavy atom. The fourth-order valence-electron chi connectivity index (χ4n) is 3.03. The zero-order chi connectivity index (χ0) is 15.1. The van der Waals surface area contributed by atoms with E-state index in [2.05, 4.69) is 50.8 Å². The van der Waals surface area contributed by atoms with Crippen LogP contribution in [-0.4, -0.2) is 4.57 Å². The fourth-order valence-corrected chi connectivity index (χ4v) is 3.30. The first kappa shape index (κ1) is 14.0. The Morgan fingerprint density at radius 1 is 1.05 bits per heavy atom. The number of halogens is 2. The molecule has 112 valence electrons. The summed E-state index contributed by atoms with van der Waals surface area (Å²) in [6, 6.07) is 15.7. The standard InChI is InChI=1S/C19H17BrFN/c20-16-5-3-13(4-6-16)9-18-11-15-10-17(21)7-8-19(15)22(18)12-14-1-2-14/h3-8,10-11,14H,1-2,9,12H2. The molecule has 0 unspecified atom stereocenters. The summed E-state index contributed by atoms with van der Waals surface area (Å²) in [6.45, 7) is 1.06. The van der Waals surface area contributed by atoms with Crippen LogP contribution in [0.15, 0.2) is 53.0 Å². The van der Waals surface area contributed by atoms with Crippen molar-refractivity contribution in [2.24, 2.45) is 5.92 Å². The maximum Gasteiger partial charge on any atom is 0.123 e. The molecule has 0 bridgehead atoms. The normalized spacial score (nSPS) is 14.6. The minimum atomic E-state index is -0.161. The van der Waals surface area contributed by atoms with E-state index in [1.165, 1.54) is 24.1 Å². The molecule has 3 aromatic rings. The summed E-state index contributed by atoms with van der Waals surface area (Å²) in [5.41, 5.74) is 3.71. The molecule has 1 saturated carbocycles. The third-order valence-electron chi connectivity index (χ3n) is 4.39. The van der Waals surface area contributed by atoms with Crippen LogP contribution in [0.25, 0.3) is 10.9 Å². The maximum atomic E-state index is 13.5. The molecule has 1 aromatic heterocycles. The van der Waals surface area contributed by atoms with E-state index in [-0.39, 0.29) is 5.82 Å². The lowest BCUT2D eigenvalue weighted by molar-refractivity contribution is 0.622. The molecule has 0 aliphatic heterocycles. The summed E-state index contributed by atoms with van der Waals surface area (Å²) in [5, 5.41) is 1.01. The Hall–Kier alpha value is -1.61. The second-order valence-electron chi connectivity index (χ2n) is 6.20. The van der Waals surface area contributed by atoms with Crippen molar-refractivity contribution in [3.63, 3.8) is 0 Å². The molecule has 0 N–H and O–H groups in total. The van der Waals surface area contributed by atoms with Crippen LogP contribution in [-0.2, 0) is 13.0 Å². The summed E-state index contributed by atoms with van der Waals surface area (Å²) < 4.78 is 17.0. The topological polar surface area (TPSA) is 4.93 Å². The van der Waals surface area contributed by atoms with Gasteiger partial charge in [0.05, 0.1) is 0 Å². The van der Waals surface area contributed by atoms with E-state index in [1.54, 1.807) is 12.1 Å². The lowest BCUT2D eigenvalue weighted by Crippen LogP contribution is -2.05. The van der Waals surface area contributed by atoms with Crippen LogP contribution in [0.3, 0.4) is 0 Å². The predicted octanol–water partition coefficient (Wildman–Crippen LogP) is 5.54. The van der Waals surface area contributed by atoms with Crippen molar-refractivity contribution in [3.8, 4) is 0 Å². The van der Waals surface area contributed by atoms with E-state index < -0.39 is 0 Å². The van der Waals surface area contributed by atoms with Gasteiger partial charge in [-0.2, -0.15) is 0 Å². The number of aromatic nitrogens is 1. The molecular weight excluding hydrogens is 341 g/mol. The summed E-state index contributed by atoms with van der Waals surface area (Å²) in [6.07, 6.45) is 3.52. The van der Waals surface area contributed by atoms with Crippen molar-refractivity contribution in [2.45, 2.75) is 25.8 Å². The van der Waals surface area contributed by atoms with Gasteiger partial charge in [0, 0.05) is 34.0 Å². The summed E-state index contributed by atoms with van der Waals surface area (Å²) in [5.74, 6) is 0.635. The molecule has 0 saturated heterocycles. The molecule has 1 aliphatic rings. The van der Waals surface area contributed by atoms with Gasteiger partial charge in [-0.05, 0) is 60.7 Å². The van der Waals surface area contributed by atoms with Crippen molar-refractivity contribution in [2.75, 3.05) is 0 Å². The van der Waals surface area contributed by atoms with E-state index in [1.807, 2.05) is 6.07 Å². The van der Waals surface area contributed by atoms with Gasteiger partial charge in [-0.1, -0.05) is 28.1 Å². The third kappa shape index (κ3) is 2.82. The first-order valence-corrected chi connectivity index (χ1v) is 8.50. The zero-order valence-electron chi connectivity index (χ0n) is 12.2. The van der Waals surface area contributed by atoms with E-state index in [4.69, 9.17) is 0 Å². The molecule has 1 heterocycles. The highest BCUT2D eigenvalue weighted by Gasteiger charge is 2.23. The molecule has 1 nitrogen and oxygen atoms in total. The monoisotopic (exact) mass is 357 g/mol. The van der Waals surface area contributed by atoms with Gasteiger partial charge in [-0.25, -0.2) is 4.39 Å². The van der Waals surface area contributed by atoms with E-state index in [0.717, 1.165) is 34.3 Å². The maximum absolute atomic E-state index is 13.5. The Morgan fingerprint density at radius 3 is 2.55 bits per heavy atom. The van der Waals surface area contributed by atoms with Crippen LogP contribution in [0.5, 0.6) is 0 Å². The smallest absolute Gasteiger partial charge is 0.123 e. The Balaban J connectivity index is 1.75. The van der Waals surface area contributed by atoms with Gasteiger partial charge in [0.2, 0.25) is 0 Å². The number of benzene rings is 2. The Kier molecular flexibility index (Phi) is 3.53. The van der Waals surface area contributed by atoms with Gasteiger partial charge in [0.25, 0.3) is 0 Å². The first-order chi connectivity index (χ1) is 10.7. The predicted molar refractivity (Wildman–Crippen MR) is 91.6 cm³/mol. The van der Waals surface area contributed by atoms with Crippen molar-refractivity contribution < 1.29 is 4.39 Å². The number of rotatable bonds is 4. The average molecular weight is 358 g/mol. The summed E-state index contributed by atoms with van der Waals surface area (Å²) in [7, 11) is 0. The molecule has 1 aliphatic carbocycles. The van der Waals surface area contributed by atoms with Crippen LogP contribution in [0.1, 0.15) is 24.1 Å². The summed E-state index contributed by atoms with van der Waals surface area (Å²) in [4.78, 5) is 0. The minimum absolute atomic E-state index is 0.161. The lowest BCUT2D eigenvalue weighted by atomic mass is 10.1. The molecule has 4 rings (SSSR count). The third-order valence-corrected chi connectivity index (χ3v) is 4.91. The Bertz CT molecular complexity index is 815.